The van der Waals surface area contributed by atoms with Crippen molar-refractivity contribution in [1.82, 2.24) is 0 Å². The van der Waals surface area contributed by atoms with E-state index in [1.54, 1.807) is 13.2 Å². The third-order valence-corrected chi connectivity index (χ3v) is 4.47. The van der Waals surface area contributed by atoms with Gasteiger partial charge in [-0.2, -0.15) is 5.11 Å². The Bertz CT molecular complexity index is 764. The number of benzene rings is 2. The zero-order chi connectivity index (χ0) is 19.8. The van der Waals surface area contributed by atoms with Crippen molar-refractivity contribution in [2.75, 3.05) is 38.9 Å². The number of aryl methyl sites for hydroxylation is 2. The fraction of sp³-hybridized carbons (Fsp3) is 0.429. The highest BCUT2D eigenvalue weighted by Gasteiger charge is 2.13. The molecule has 0 saturated carbocycles. The molecule has 0 saturated heterocycles. The number of nitrogens with zero attached hydrogens (tertiary/aromatic N) is 2. The maximum absolute atomic E-state index is 7.36. The average Bonchev–Trinajstić information content (AvgIpc) is 2.66. The number of rotatable bonds is 10. The van der Waals surface area contributed by atoms with Gasteiger partial charge in [-0.1, -0.05) is 17.7 Å². The summed E-state index contributed by atoms with van der Waals surface area (Å²) in [5.41, 5.74) is 11.2. The molecule has 0 spiro atoms. The summed E-state index contributed by atoms with van der Waals surface area (Å²) in [4.78, 5) is 2.11. The lowest BCUT2D eigenvalue weighted by Crippen LogP contribution is -2.32. The largest absolute Gasteiger partial charge is 0.490 e. The van der Waals surface area contributed by atoms with Crippen molar-refractivity contribution in [2.45, 2.75) is 26.8 Å². The predicted molar refractivity (Wildman–Crippen MR) is 108 cm³/mol. The summed E-state index contributed by atoms with van der Waals surface area (Å²) in [6.45, 7) is 7.59. The Morgan fingerprint density at radius 2 is 1.74 bits per heavy atom. The van der Waals surface area contributed by atoms with Crippen LogP contribution in [0.2, 0.25) is 0 Å². The van der Waals surface area contributed by atoms with E-state index in [-0.39, 0.29) is 6.04 Å². The van der Waals surface area contributed by atoms with Gasteiger partial charge in [0.05, 0.1) is 6.61 Å². The second kappa shape index (κ2) is 9.92. The monoisotopic (exact) mass is 371 g/mol. The van der Waals surface area contributed by atoms with E-state index in [1.807, 2.05) is 38.2 Å². The molecule has 27 heavy (non-hydrogen) atoms. The fourth-order valence-electron chi connectivity index (χ4n) is 2.80. The van der Waals surface area contributed by atoms with E-state index in [0.717, 1.165) is 17.0 Å². The summed E-state index contributed by atoms with van der Waals surface area (Å²) in [6.07, 6.45) is 0. The molecule has 0 bridgehead atoms. The Morgan fingerprint density at radius 3 is 2.37 bits per heavy atom. The quantitative estimate of drug-likeness (QED) is 0.477. The van der Waals surface area contributed by atoms with Gasteiger partial charge in [-0.05, 0) is 44.5 Å². The zero-order valence-corrected chi connectivity index (χ0v) is 16.8. The van der Waals surface area contributed by atoms with Crippen molar-refractivity contribution in [3.05, 3.63) is 47.5 Å². The first-order valence-electron chi connectivity index (χ1n) is 9.02. The van der Waals surface area contributed by atoms with Crippen molar-refractivity contribution in [3.8, 4) is 11.5 Å². The van der Waals surface area contributed by atoms with Gasteiger partial charge in [0.1, 0.15) is 30.4 Å². The van der Waals surface area contributed by atoms with E-state index in [9.17, 15) is 0 Å². The molecule has 0 aliphatic rings. The minimum atomic E-state index is 0.217. The highest BCUT2D eigenvalue weighted by molar-refractivity contribution is 5.61. The van der Waals surface area contributed by atoms with Crippen LogP contribution in [0.25, 0.3) is 0 Å². The third-order valence-electron chi connectivity index (χ3n) is 4.47. The van der Waals surface area contributed by atoms with Gasteiger partial charge < -0.3 is 19.1 Å². The number of hydrogen-bond donors (Lipinski definition) is 1. The molecule has 0 amide bonds. The summed E-state index contributed by atoms with van der Waals surface area (Å²) < 4.78 is 16.9. The smallest absolute Gasteiger partial charge is 0.149 e. The second-order valence-corrected chi connectivity index (χ2v) is 6.64. The van der Waals surface area contributed by atoms with Crippen molar-refractivity contribution in [2.24, 2.45) is 5.11 Å². The van der Waals surface area contributed by atoms with Crippen LogP contribution in [-0.2, 0) is 4.74 Å². The Balaban J connectivity index is 1.99. The molecule has 1 N–H and O–H groups in total. The summed E-state index contributed by atoms with van der Waals surface area (Å²) in [7, 11) is 3.69. The Morgan fingerprint density at radius 1 is 1.04 bits per heavy atom. The van der Waals surface area contributed by atoms with Crippen molar-refractivity contribution >= 4 is 11.4 Å². The zero-order valence-electron chi connectivity index (χ0n) is 16.8. The van der Waals surface area contributed by atoms with E-state index in [4.69, 9.17) is 19.7 Å². The molecular formula is C21H29N3O3. The first-order chi connectivity index (χ1) is 13.0. The molecule has 0 aliphatic carbocycles. The summed E-state index contributed by atoms with van der Waals surface area (Å²) in [6, 6.07) is 11.9. The minimum Gasteiger partial charge on any atom is -0.490 e. The number of methoxy groups -OCH3 is 1. The van der Waals surface area contributed by atoms with Crippen molar-refractivity contribution in [3.63, 3.8) is 0 Å². The Kier molecular flexibility index (Phi) is 7.61. The molecule has 2 rings (SSSR count). The van der Waals surface area contributed by atoms with Crippen LogP contribution in [-0.4, -0.2) is 40.0 Å². The van der Waals surface area contributed by atoms with Gasteiger partial charge in [-0.15, -0.1) is 0 Å². The summed E-state index contributed by atoms with van der Waals surface area (Å²) in [5, 5.41) is 3.55. The maximum atomic E-state index is 7.36. The lowest BCUT2D eigenvalue weighted by Gasteiger charge is -2.27. The van der Waals surface area contributed by atoms with Crippen molar-refractivity contribution in [1.29, 1.82) is 5.53 Å². The van der Waals surface area contributed by atoms with Crippen LogP contribution < -0.4 is 14.4 Å². The number of nitrogens with one attached hydrogen (secondary N) is 1. The van der Waals surface area contributed by atoms with Crippen LogP contribution in [0.15, 0.2) is 41.5 Å². The first-order valence-corrected chi connectivity index (χ1v) is 9.02. The topological polar surface area (TPSA) is 67.1 Å². The van der Waals surface area contributed by atoms with Crippen molar-refractivity contribution < 1.29 is 14.2 Å². The molecule has 1 atom stereocenters. The third kappa shape index (κ3) is 5.69. The van der Waals surface area contributed by atoms with Crippen LogP contribution in [0, 0.1) is 19.4 Å². The van der Waals surface area contributed by atoms with Crippen LogP contribution in [0.3, 0.4) is 0 Å². The molecule has 2 aromatic rings. The molecule has 146 valence electrons. The van der Waals surface area contributed by atoms with Gasteiger partial charge >= 0.3 is 0 Å². The number of anilines is 1. The van der Waals surface area contributed by atoms with Gasteiger partial charge in [0.15, 0.2) is 0 Å². The van der Waals surface area contributed by atoms with Gasteiger partial charge in [0.2, 0.25) is 0 Å². The molecule has 6 nitrogen and oxygen atoms in total. The lowest BCUT2D eigenvalue weighted by atomic mass is 10.1. The van der Waals surface area contributed by atoms with Crippen LogP contribution >= 0.6 is 0 Å². The number of hydrogen-bond acceptors (Lipinski definition) is 6. The van der Waals surface area contributed by atoms with Gasteiger partial charge in [0.25, 0.3) is 0 Å². The van der Waals surface area contributed by atoms with Gasteiger partial charge in [-0.3, -0.25) is 0 Å². The fourth-order valence-corrected chi connectivity index (χ4v) is 2.80. The molecule has 0 aliphatic heterocycles. The molecule has 1 unspecified atom stereocenters. The SMILES string of the molecule is COCC(C)N(C)c1ccc(N=N)c(OCCOc2ccc(C)cc2C)c1. The van der Waals surface area contributed by atoms with Gasteiger partial charge in [-0.25, -0.2) is 5.53 Å². The second-order valence-electron chi connectivity index (χ2n) is 6.64. The molecule has 0 heterocycles. The van der Waals surface area contributed by atoms with Crippen LogP contribution in [0.5, 0.6) is 11.5 Å². The van der Waals surface area contributed by atoms with Crippen LogP contribution in [0.1, 0.15) is 18.1 Å². The molecule has 0 aromatic heterocycles. The van der Waals surface area contributed by atoms with E-state index in [0.29, 0.717) is 31.3 Å². The predicted octanol–water partition coefficient (Wildman–Crippen LogP) is 4.89. The van der Waals surface area contributed by atoms with Gasteiger partial charge in [0, 0.05) is 32.0 Å². The molecule has 0 radical (unpaired) electrons. The summed E-state index contributed by atoms with van der Waals surface area (Å²) >= 11 is 0. The normalized spacial score (nSPS) is 11.7. The Labute approximate surface area is 161 Å². The number of likely N-dealkylation sites (N-methyl/N-ethyl adjacent to an activating group) is 1. The highest BCUT2D eigenvalue weighted by Crippen LogP contribution is 2.32. The molecular weight excluding hydrogens is 342 g/mol. The maximum Gasteiger partial charge on any atom is 0.149 e. The molecule has 2 aromatic carbocycles. The summed E-state index contributed by atoms with van der Waals surface area (Å²) in [5.74, 6) is 1.43. The highest BCUT2D eigenvalue weighted by atomic mass is 16.5. The number of ether oxygens (including phenoxy) is 3. The lowest BCUT2D eigenvalue weighted by molar-refractivity contribution is 0.183. The minimum absolute atomic E-state index is 0.217. The molecule has 6 heteroatoms. The average molecular weight is 371 g/mol. The van der Waals surface area contributed by atoms with E-state index in [2.05, 4.69) is 29.9 Å². The molecule has 0 fully saturated rings. The standard InChI is InChI=1S/C21H29N3O3/c1-15-6-9-20(16(2)12-15)26-10-11-27-21-13-18(7-8-19(21)23-22)24(4)17(3)14-25-5/h6-9,12-13,17,22H,10-11,14H2,1-5H3. The van der Waals surface area contributed by atoms with E-state index in [1.165, 1.54) is 5.56 Å². The van der Waals surface area contributed by atoms with E-state index < -0.39 is 0 Å². The first kappa shape index (κ1) is 20.7. The van der Waals surface area contributed by atoms with Crippen LogP contribution in [0.4, 0.5) is 11.4 Å². The van der Waals surface area contributed by atoms with E-state index >= 15 is 0 Å². The Hall–Kier alpha value is -2.60.